The summed E-state index contributed by atoms with van der Waals surface area (Å²) in [6.45, 7) is 0.452. The highest BCUT2D eigenvalue weighted by Crippen LogP contribution is 2.22. The van der Waals surface area contributed by atoms with E-state index in [9.17, 15) is 8.78 Å². The Balaban J connectivity index is 1.58. The molecule has 3 aromatic rings. The number of halogens is 2. The molecule has 2 aromatic heterocycles. The highest BCUT2D eigenvalue weighted by atomic mass is 19.3. The second kappa shape index (κ2) is 7.74. The maximum absolute atomic E-state index is 12.3. The molecule has 0 saturated heterocycles. The van der Waals surface area contributed by atoms with Crippen molar-refractivity contribution in [2.45, 2.75) is 13.5 Å². The van der Waals surface area contributed by atoms with Gasteiger partial charge in [0.2, 0.25) is 0 Å². The molecule has 0 bridgehead atoms. The second-order valence-corrected chi connectivity index (χ2v) is 5.50. The molecule has 0 saturated carbocycles. The van der Waals surface area contributed by atoms with E-state index in [0.717, 1.165) is 16.8 Å². The van der Waals surface area contributed by atoms with Gasteiger partial charge in [-0.3, -0.25) is 0 Å². The highest BCUT2D eigenvalue weighted by molar-refractivity contribution is 5.81. The van der Waals surface area contributed by atoms with Gasteiger partial charge in [0, 0.05) is 30.7 Å². The number of hydrogen-bond acceptors (Lipinski definition) is 5. The van der Waals surface area contributed by atoms with Crippen molar-refractivity contribution in [3.8, 4) is 5.75 Å². The SMILES string of the molecule is Cc1ccc(NCCNc2ccc3ccc(OC(F)F)cc3n2)nc1. The van der Waals surface area contributed by atoms with E-state index in [-0.39, 0.29) is 5.75 Å². The molecule has 0 fully saturated rings. The van der Waals surface area contributed by atoms with Crippen LogP contribution in [0.5, 0.6) is 5.75 Å². The normalized spacial score (nSPS) is 10.9. The van der Waals surface area contributed by atoms with Crippen LogP contribution in [-0.4, -0.2) is 29.7 Å². The average molecular weight is 344 g/mol. The Morgan fingerprint density at radius 3 is 2.44 bits per heavy atom. The molecule has 0 amide bonds. The summed E-state index contributed by atoms with van der Waals surface area (Å²) < 4.78 is 29.0. The van der Waals surface area contributed by atoms with Gasteiger partial charge in [0.25, 0.3) is 0 Å². The summed E-state index contributed by atoms with van der Waals surface area (Å²) in [5, 5.41) is 7.25. The van der Waals surface area contributed by atoms with Crippen molar-refractivity contribution in [2.75, 3.05) is 23.7 Å². The van der Waals surface area contributed by atoms with Crippen LogP contribution < -0.4 is 15.4 Å². The first-order valence-corrected chi connectivity index (χ1v) is 7.86. The van der Waals surface area contributed by atoms with Crippen LogP contribution in [0.4, 0.5) is 20.4 Å². The van der Waals surface area contributed by atoms with E-state index in [1.807, 2.05) is 31.2 Å². The zero-order chi connectivity index (χ0) is 17.6. The fraction of sp³-hybridized carbons (Fsp3) is 0.222. The van der Waals surface area contributed by atoms with Crippen LogP contribution in [0.15, 0.2) is 48.7 Å². The first kappa shape index (κ1) is 16.9. The van der Waals surface area contributed by atoms with Crippen LogP contribution in [0.3, 0.4) is 0 Å². The molecular weight excluding hydrogens is 326 g/mol. The molecule has 0 aliphatic rings. The number of nitrogens with one attached hydrogen (secondary N) is 2. The molecule has 2 N–H and O–H groups in total. The van der Waals surface area contributed by atoms with E-state index >= 15 is 0 Å². The number of pyridine rings is 2. The largest absolute Gasteiger partial charge is 0.435 e. The van der Waals surface area contributed by atoms with Gasteiger partial charge in [0.05, 0.1) is 5.52 Å². The van der Waals surface area contributed by atoms with Crippen molar-refractivity contribution < 1.29 is 13.5 Å². The predicted molar refractivity (Wildman–Crippen MR) is 94.3 cm³/mol. The molecule has 2 heterocycles. The summed E-state index contributed by atoms with van der Waals surface area (Å²) in [6, 6.07) is 12.4. The van der Waals surface area contributed by atoms with Gasteiger partial charge in [0.1, 0.15) is 17.4 Å². The number of aromatic nitrogens is 2. The molecule has 7 heteroatoms. The Kier molecular flexibility index (Phi) is 5.23. The molecule has 3 rings (SSSR count). The Morgan fingerprint density at radius 1 is 1.00 bits per heavy atom. The van der Waals surface area contributed by atoms with Crippen LogP contribution in [0, 0.1) is 6.92 Å². The maximum Gasteiger partial charge on any atom is 0.387 e. The summed E-state index contributed by atoms with van der Waals surface area (Å²) in [5.74, 6) is 1.58. The molecule has 1 aromatic carbocycles. The van der Waals surface area contributed by atoms with Crippen molar-refractivity contribution >= 4 is 22.5 Å². The summed E-state index contributed by atoms with van der Waals surface area (Å²) in [4.78, 5) is 8.69. The van der Waals surface area contributed by atoms with Crippen LogP contribution >= 0.6 is 0 Å². The monoisotopic (exact) mass is 344 g/mol. The van der Waals surface area contributed by atoms with Gasteiger partial charge < -0.3 is 15.4 Å². The van der Waals surface area contributed by atoms with E-state index in [2.05, 4.69) is 25.3 Å². The van der Waals surface area contributed by atoms with Crippen molar-refractivity contribution in [1.82, 2.24) is 9.97 Å². The number of hydrogen-bond donors (Lipinski definition) is 2. The Bertz CT molecular complexity index is 840. The number of aryl methyl sites for hydroxylation is 1. The lowest BCUT2D eigenvalue weighted by molar-refractivity contribution is -0.0497. The number of anilines is 2. The van der Waals surface area contributed by atoms with E-state index < -0.39 is 6.61 Å². The van der Waals surface area contributed by atoms with Gasteiger partial charge in [-0.2, -0.15) is 8.78 Å². The van der Waals surface area contributed by atoms with E-state index in [1.165, 1.54) is 12.1 Å². The highest BCUT2D eigenvalue weighted by Gasteiger charge is 2.06. The fourth-order valence-electron chi connectivity index (χ4n) is 2.33. The van der Waals surface area contributed by atoms with E-state index in [0.29, 0.717) is 24.4 Å². The van der Waals surface area contributed by atoms with Crippen molar-refractivity contribution in [3.63, 3.8) is 0 Å². The Morgan fingerprint density at radius 2 is 1.72 bits per heavy atom. The second-order valence-electron chi connectivity index (χ2n) is 5.50. The van der Waals surface area contributed by atoms with Crippen molar-refractivity contribution in [3.05, 3.63) is 54.2 Å². The molecule has 130 valence electrons. The number of benzene rings is 1. The van der Waals surface area contributed by atoms with E-state index in [4.69, 9.17) is 0 Å². The Hall–Kier alpha value is -2.96. The van der Waals surface area contributed by atoms with Gasteiger partial charge in [-0.15, -0.1) is 0 Å². The zero-order valence-corrected chi connectivity index (χ0v) is 13.7. The smallest absolute Gasteiger partial charge is 0.387 e. The van der Waals surface area contributed by atoms with Crippen LogP contribution in [0.2, 0.25) is 0 Å². The number of fused-ring (bicyclic) bond motifs is 1. The summed E-state index contributed by atoms with van der Waals surface area (Å²) in [5.41, 5.74) is 1.70. The lowest BCUT2D eigenvalue weighted by Crippen LogP contribution is -2.14. The predicted octanol–water partition coefficient (Wildman–Crippen LogP) is 4.06. The van der Waals surface area contributed by atoms with Crippen LogP contribution in [0.1, 0.15) is 5.56 Å². The quantitative estimate of drug-likeness (QED) is 0.633. The molecule has 0 atom stereocenters. The third-order valence-corrected chi connectivity index (χ3v) is 3.54. The molecule has 0 spiro atoms. The number of ether oxygens (including phenoxy) is 1. The third-order valence-electron chi connectivity index (χ3n) is 3.54. The zero-order valence-electron chi connectivity index (χ0n) is 13.7. The average Bonchev–Trinajstić information content (AvgIpc) is 2.59. The summed E-state index contributed by atoms with van der Waals surface area (Å²) in [6.07, 6.45) is 1.81. The van der Waals surface area contributed by atoms with Crippen molar-refractivity contribution in [2.24, 2.45) is 0 Å². The molecule has 0 aliphatic heterocycles. The maximum atomic E-state index is 12.3. The molecule has 0 radical (unpaired) electrons. The number of nitrogens with zero attached hydrogens (tertiary/aromatic N) is 2. The molecular formula is C18H18F2N4O. The lowest BCUT2D eigenvalue weighted by Gasteiger charge is -2.09. The fourth-order valence-corrected chi connectivity index (χ4v) is 2.33. The minimum atomic E-state index is -2.85. The molecule has 25 heavy (non-hydrogen) atoms. The minimum absolute atomic E-state index is 0.0965. The van der Waals surface area contributed by atoms with Crippen LogP contribution in [-0.2, 0) is 0 Å². The van der Waals surface area contributed by atoms with Gasteiger partial charge in [-0.05, 0) is 42.8 Å². The summed E-state index contributed by atoms with van der Waals surface area (Å²) >= 11 is 0. The van der Waals surface area contributed by atoms with Gasteiger partial charge in [0.15, 0.2) is 0 Å². The Labute approximate surface area is 144 Å². The van der Waals surface area contributed by atoms with Crippen molar-refractivity contribution in [1.29, 1.82) is 0 Å². The number of alkyl halides is 2. The standard InChI is InChI=1S/C18H18F2N4O/c1-12-2-6-16(23-11-12)21-8-9-22-17-7-4-13-3-5-14(25-18(19)20)10-15(13)24-17/h2-7,10-11,18H,8-9H2,1H3,(H,21,23)(H,22,24). The molecule has 5 nitrogen and oxygen atoms in total. The van der Waals surface area contributed by atoms with Crippen LogP contribution in [0.25, 0.3) is 10.9 Å². The number of rotatable bonds is 7. The lowest BCUT2D eigenvalue weighted by atomic mass is 10.2. The first-order chi connectivity index (χ1) is 12.1. The first-order valence-electron chi connectivity index (χ1n) is 7.86. The summed E-state index contributed by atoms with van der Waals surface area (Å²) in [7, 11) is 0. The topological polar surface area (TPSA) is 59.1 Å². The van der Waals surface area contributed by atoms with Gasteiger partial charge in [-0.25, -0.2) is 9.97 Å². The third kappa shape index (κ3) is 4.76. The minimum Gasteiger partial charge on any atom is -0.435 e. The van der Waals surface area contributed by atoms with E-state index in [1.54, 1.807) is 12.3 Å². The molecule has 0 aliphatic carbocycles. The molecule has 0 unspecified atom stereocenters. The van der Waals surface area contributed by atoms with Gasteiger partial charge in [-0.1, -0.05) is 6.07 Å². The van der Waals surface area contributed by atoms with Gasteiger partial charge >= 0.3 is 6.61 Å².